The molecule has 1 saturated carbocycles. The van der Waals surface area contributed by atoms with E-state index in [1.165, 1.54) is 19.3 Å². The molecule has 0 radical (unpaired) electrons. The highest BCUT2D eigenvalue weighted by Gasteiger charge is 2.17. The maximum absolute atomic E-state index is 11.8. The molecule has 1 aromatic carbocycles. The maximum atomic E-state index is 11.8. The second-order valence-corrected chi connectivity index (χ2v) is 4.91. The summed E-state index contributed by atoms with van der Waals surface area (Å²) in [7, 11) is 0. The number of amides is 1. The van der Waals surface area contributed by atoms with E-state index in [9.17, 15) is 4.79 Å². The summed E-state index contributed by atoms with van der Waals surface area (Å²) in [4.78, 5) is 11.8. The Morgan fingerprint density at radius 3 is 2.82 bits per heavy atom. The Kier molecular flexibility index (Phi) is 3.67. The summed E-state index contributed by atoms with van der Waals surface area (Å²) in [6.45, 7) is 2.70. The lowest BCUT2D eigenvalue weighted by molar-refractivity contribution is 0.0949. The van der Waals surface area contributed by atoms with Crippen molar-refractivity contribution >= 4 is 11.6 Å². The number of benzene rings is 1. The molecule has 0 spiro atoms. The number of rotatable bonds is 4. The first-order valence-electron chi connectivity index (χ1n) is 6.31. The van der Waals surface area contributed by atoms with Gasteiger partial charge < -0.3 is 11.1 Å². The van der Waals surface area contributed by atoms with Crippen LogP contribution in [0.25, 0.3) is 0 Å². The quantitative estimate of drug-likeness (QED) is 0.784. The average molecular weight is 232 g/mol. The number of nitrogens with one attached hydrogen (secondary N) is 1. The van der Waals surface area contributed by atoms with E-state index in [2.05, 4.69) is 5.32 Å². The Morgan fingerprint density at radius 1 is 1.47 bits per heavy atom. The molecule has 92 valence electrons. The van der Waals surface area contributed by atoms with Crippen LogP contribution in [-0.2, 0) is 0 Å². The lowest BCUT2D eigenvalue weighted by atomic mass is 9.83. The van der Waals surface area contributed by atoms with Crippen molar-refractivity contribution in [3.63, 3.8) is 0 Å². The zero-order chi connectivity index (χ0) is 12.3. The Balaban J connectivity index is 1.83. The lowest BCUT2D eigenvalue weighted by Crippen LogP contribution is -2.27. The average Bonchev–Trinajstić information content (AvgIpc) is 2.25. The van der Waals surface area contributed by atoms with Crippen LogP contribution in [0.1, 0.15) is 41.6 Å². The number of aryl methyl sites for hydroxylation is 1. The van der Waals surface area contributed by atoms with Crippen molar-refractivity contribution in [2.75, 3.05) is 12.3 Å². The van der Waals surface area contributed by atoms with Crippen LogP contribution in [0.4, 0.5) is 5.69 Å². The monoisotopic (exact) mass is 232 g/mol. The summed E-state index contributed by atoms with van der Waals surface area (Å²) in [5.41, 5.74) is 8.11. The van der Waals surface area contributed by atoms with Gasteiger partial charge in [-0.25, -0.2) is 0 Å². The Bertz CT molecular complexity index is 411. The van der Waals surface area contributed by atoms with E-state index in [4.69, 9.17) is 5.73 Å². The van der Waals surface area contributed by atoms with Crippen molar-refractivity contribution in [3.8, 4) is 0 Å². The largest absolute Gasteiger partial charge is 0.399 e. The molecule has 1 fully saturated rings. The molecule has 0 heterocycles. The van der Waals surface area contributed by atoms with Crippen LogP contribution in [0.5, 0.6) is 0 Å². The zero-order valence-corrected chi connectivity index (χ0v) is 10.3. The van der Waals surface area contributed by atoms with Crippen molar-refractivity contribution in [1.29, 1.82) is 0 Å². The zero-order valence-electron chi connectivity index (χ0n) is 10.3. The van der Waals surface area contributed by atoms with Gasteiger partial charge in [0.05, 0.1) is 0 Å². The van der Waals surface area contributed by atoms with Crippen LogP contribution in [0.3, 0.4) is 0 Å². The van der Waals surface area contributed by atoms with Gasteiger partial charge in [-0.2, -0.15) is 0 Å². The van der Waals surface area contributed by atoms with Crippen LogP contribution in [0.2, 0.25) is 0 Å². The van der Waals surface area contributed by atoms with Gasteiger partial charge in [0.2, 0.25) is 0 Å². The fraction of sp³-hybridized carbons (Fsp3) is 0.500. The molecule has 17 heavy (non-hydrogen) atoms. The molecule has 1 aliphatic rings. The summed E-state index contributed by atoms with van der Waals surface area (Å²) in [6.07, 6.45) is 5.13. The number of hydrogen-bond donors (Lipinski definition) is 2. The predicted octanol–water partition coefficient (Wildman–Crippen LogP) is 2.50. The number of nitrogens with two attached hydrogens (primary N) is 1. The summed E-state index contributed by atoms with van der Waals surface area (Å²) < 4.78 is 0. The predicted molar refractivity (Wildman–Crippen MR) is 69.9 cm³/mol. The van der Waals surface area contributed by atoms with E-state index in [-0.39, 0.29) is 5.91 Å². The van der Waals surface area contributed by atoms with E-state index in [0.29, 0.717) is 5.56 Å². The SMILES string of the molecule is Cc1cc(C(=O)NCCC2CCC2)ccc1N. The minimum atomic E-state index is 0.00687. The minimum absolute atomic E-state index is 0.00687. The fourth-order valence-corrected chi connectivity index (χ4v) is 2.09. The van der Waals surface area contributed by atoms with E-state index in [0.717, 1.165) is 30.1 Å². The second-order valence-electron chi connectivity index (χ2n) is 4.91. The van der Waals surface area contributed by atoms with Gasteiger partial charge in [-0.1, -0.05) is 19.3 Å². The van der Waals surface area contributed by atoms with Gasteiger partial charge in [0.1, 0.15) is 0 Å². The second kappa shape index (κ2) is 5.21. The third-order valence-corrected chi connectivity index (χ3v) is 3.59. The molecule has 1 amide bonds. The number of anilines is 1. The smallest absolute Gasteiger partial charge is 0.251 e. The Hall–Kier alpha value is -1.51. The molecule has 1 aliphatic carbocycles. The molecular weight excluding hydrogens is 212 g/mol. The molecule has 1 aromatic rings. The van der Waals surface area contributed by atoms with Crippen molar-refractivity contribution in [3.05, 3.63) is 29.3 Å². The molecule has 0 aliphatic heterocycles. The highest BCUT2D eigenvalue weighted by molar-refractivity contribution is 5.94. The summed E-state index contributed by atoms with van der Waals surface area (Å²) in [6, 6.07) is 5.41. The van der Waals surface area contributed by atoms with Gasteiger partial charge in [0.15, 0.2) is 0 Å². The maximum Gasteiger partial charge on any atom is 0.251 e. The summed E-state index contributed by atoms with van der Waals surface area (Å²) in [5.74, 6) is 0.843. The van der Waals surface area contributed by atoms with E-state index >= 15 is 0 Å². The third kappa shape index (κ3) is 2.99. The normalized spacial score (nSPS) is 15.4. The van der Waals surface area contributed by atoms with Gasteiger partial charge in [-0.3, -0.25) is 4.79 Å². The molecule has 0 atom stereocenters. The third-order valence-electron chi connectivity index (χ3n) is 3.59. The molecule has 3 N–H and O–H groups in total. The first kappa shape index (κ1) is 12.0. The minimum Gasteiger partial charge on any atom is -0.399 e. The molecule has 0 saturated heterocycles. The Labute approximate surface area is 102 Å². The highest BCUT2D eigenvalue weighted by atomic mass is 16.1. The summed E-state index contributed by atoms with van der Waals surface area (Å²) in [5, 5.41) is 2.96. The van der Waals surface area contributed by atoms with Crippen molar-refractivity contribution < 1.29 is 4.79 Å². The van der Waals surface area contributed by atoms with Gasteiger partial charge >= 0.3 is 0 Å². The molecule has 0 aromatic heterocycles. The van der Waals surface area contributed by atoms with Gasteiger partial charge in [-0.05, 0) is 43.0 Å². The molecule has 3 nitrogen and oxygen atoms in total. The number of carbonyl (C=O) groups excluding carboxylic acids is 1. The first-order valence-corrected chi connectivity index (χ1v) is 6.31. The van der Waals surface area contributed by atoms with Crippen LogP contribution < -0.4 is 11.1 Å². The van der Waals surface area contributed by atoms with Crippen LogP contribution in [0.15, 0.2) is 18.2 Å². The topological polar surface area (TPSA) is 55.1 Å². The van der Waals surface area contributed by atoms with Crippen LogP contribution in [-0.4, -0.2) is 12.5 Å². The number of carbonyl (C=O) groups is 1. The number of nitrogen functional groups attached to an aromatic ring is 1. The van der Waals surface area contributed by atoms with Crippen molar-refractivity contribution in [2.45, 2.75) is 32.6 Å². The van der Waals surface area contributed by atoms with Crippen molar-refractivity contribution in [2.24, 2.45) is 5.92 Å². The molecule has 3 heteroatoms. The van der Waals surface area contributed by atoms with Crippen LogP contribution in [0, 0.1) is 12.8 Å². The number of hydrogen-bond acceptors (Lipinski definition) is 2. The lowest BCUT2D eigenvalue weighted by Gasteiger charge is -2.25. The van der Waals surface area contributed by atoms with Gasteiger partial charge in [0, 0.05) is 17.8 Å². The van der Waals surface area contributed by atoms with Crippen LogP contribution >= 0.6 is 0 Å². The van der Waals surface area contributed by atoms with E-state index in [1.807, 2.05) is 13.0 Å². The fourth-order valence-electron chi connectivity index (χ4n) is 2.09. The van der Waals surface area contributed by atoms with E-state index in [1.54, 1.807) is 12.1 Å². The molecule has 0 unspecified atom stereocenters. The van der Waals surface area contributed by atoms with Crippen molar-refractivity contribution in [1.82, 2.24) is 5.32 Å². The van der Waals surface area contributed by atoms with Gasteiger partial charge in [0.25, 0.3) is 5.91 Å². The highest BCUT2D eigenvalue weighted by Crippen LogP contribution is 2.28. The summed E-state index contributed by atoms with van der Waals surface area (Å²) >= 11 is 0. The molecule has 0 bridgehead atoms. The van der Waals surface area contributed by atoms with E-state index < -0.39 is 0 Å². The first-order chi connectivity index (χ1) is 8.16. The Morgan fingerprint density at radius 2 is 2.24 bits per heavy atom. The molecular formula is C14H20N2O. The molecule has 2 rings (SSSR count). The standard InChI is InChI=1S/C14H20N2O/c1-10-9-12(5-6-13(10)15)14(17)16-8-7-11-3-2-4-11/h5-6,9,11H,2-4,7-8,15H2,1H3,(H,16,17). The van der Waals surface area contributed by atoms with Gasteiger partial charge in [-0.15, -0.1) is 0 Å².